The molecule has 1 heterocycles. The fourth-order valence-corrected chi connectivity index (χ4v) is 0.476. The minimum Gasteiger partial charge on any atom is -0.469 e. The second-order valence-corrected chi connectivity index (χ2v) is 1.55. The summed E-state index contributed by atoms with van der Waals surface area (Å²) in [6.45, 7) is 1.34. The molecule has 0 spiro atoms. The fourth-order valence-electron chi connectivity index (χ4n) is 0.476. The van der Waals surface area contributed by atoms with Crippen molar-refractivity contribution in [1.82, 2.24) is 0 Å². The topological polar surface area (TPSA) is 39.4 Å². The van der Waals surface area contributed by atoms with Crippen molar-refractivity contribution in [2.24, 2.45) is 0 Å². The monoisotopic (exact) mass is 127 g/mol. The molecule has 0 fully saturated rings. The number of carbonyl (C=O) groups excluding carboxylic acids is 1. The lowest BCUT2D eigenvalue weighted by atomic mass is 10.6. The van der Waals surface area contributed by atoms with Crippen LogP contribution in [0.1, 0.15) is 8.35 Å². The van der Waals surface area contributed by atoms with Crippen molar-refractivity contribution in [3.8, 4) is 5.75 Å². The molecule has 0 radical (unpaired) electrons. The number of ether oxygens (including phenoxy) is 1. The van der Waals surface area contributed by atoms with Gasteiger partial charge >= 0.3 is 7.40 Å². The first-order valence-electron chi connectivity index (χ1n) is 2.49. The predicted molar refractivity (Wildman–Crippen MR) is 31.1 cm³/mol. The highest BCUT2D eigenvalue weighted by Crippen LogP contribution is 2.09. The van der Waals surface area contributed by atoms with E-state index in [1.54, 1.807) is 6.07 Å². The molecular formula is C6H7O3+. The van der Waals surface area contributed by atoms with Crippen molar-refractivity contribution in [3.63, 3.8) is 0 Å². The summed E-state index contributed by atoms with van der Waals surface area (Å²) in [6, 6.07) is 1.57. The Morgan fingerprint density at radius 3 is 3.11 bits per heavy atom. The SMILES string of the molecule is CC(=O)Oc1ccoc1.[H+]. The molecule has 0 unspecified atom stereocenters. The van der Waals surface area contributed by atoms with Gasteiger partial charge in [0.1, 0.15) is 6.26 Å². The van der Waals surface area contributed by atoms with E-state index in [2.05, 4.69) is 9.15 Å². The molecule has 3 nitrogen and oxygen atoms in total. The maximum atomic E-state index is 10.2. The summed E-state index contributed by atoms with van der Waals surface area (Å²) < 4.78 is 9.26. The summed E-state index contributed by atoms with van der Waals surface area (Å²) in [7, 11) is 0. The second-order valence-electron chi connectivity index (χ2n) is 1.55. The quantitative estimate of drug-likeness (QED) is 0.534. The van der Waals surface area contributed by atoms with Gasteiger partial charge in [-0.3, -0.25) is 4.79 Å². The van der Waals surface area contributed by atoms with Crippen LogP contribution in [0.15, 0.2) is 23.0 Å². The molecule has 0 aliphatic heterocycles. The molecule has 0 bridgehead atoms. The molecule has 0 aliphatic rings. The van der Waals surface area contributed by atoms with Gasteiger partial charge in [0.05, 0.1) is 6.26 Å². The van der Waals surface area contributed by atoms with E-state index in [0.717, 1.165) is 0 Å². The Labute approximate surface area is 53.7 Å². The third kappa shape index (κ3) is 1.60. The van der Waals surface area contributed by atoms with Crippen LogP contribution in [0.3, 0.4) is 0 Å². The highest BCUT2D eigenvalue weighted by atomic mass is 16.5. The minimum atomic E-state index is -0.337. The van der Waals surface area contributed by atoms with Crippen LogP contribution in [0.5, 0.6) is 5.75 Å². The molecule has 0 atom stereocenters. The third-order valence-electron chi connectivity index (χ3n) is 0.757. The Bertz CT molecular complexity index is 193. The molecular weight excluding hydrogens is 120 g/mol. The van der Waals surface area contributed by atoms with Gasteiger partial charge in [-0.2, -0.15) is 0 Å². The summed E-state index contributed by atoms with van der Waals surface area (Å²) in [5.41, 5.74) is 0. The van der Waals surface area contributed by atoms with Crippen LogP contribution in [0.2, 0.25) is 0 Å². The van der Waals surface area contributed by atoms with Crippen LogP contribution in [0.4, 0.5) is 0 Å². The number of rotatable bonds is 1. The van der Waals surface area contributed by atoms with Crippen LogP contribution in [-0.2, 0) is 4.79 Å². The third-order valence-corrected chi connectivity index (χ3v) is 0.757. The largest absolute Gasteiger partial charge is 1.00 e. The molecule has 0 amide bonds. The molecule has 0 N–H and O–H groups in total. The first-order valence-corrected chi connectivity index (χ1v) is 2.49. The van der Waals surface area contributed by atoms with Gasteiger partial charge in [0.15, 0.2) is 5.75 Å². The van der Waals surface area contributed by atoms with E-state index in [9.17, 15) is 4.79 Å². The van der Waals surface area contributed by atoms with E-state index < -0.39 is 0 Å². The molecule has 0 aromatic carbocycles. The van der Waals surface area contributed by atoms with Crippen LogP contribution in [0, 0.1) is 0 Å². The summed E-state index contributed by atoms with van der Waals surface area (Å²) in [4.78, 5) is 10.2. The number of esters is 1. The summed E-state index contributed by atoms with van der Waals surface area (Å²) in [5, 5.41) is 0. The Balaban J connectivity index is 0.000000810. The number of hydrogen-bond acceptors (Lipinski definition) is 3. The van der Waals surface area contributed by atoms with Crippen molar-refractivity contribution in [2.75, 3.05) is 0 Å². The van der Waals surface area contributed by atoms with Gasteiger partial charge < -0.3 is 9.15 Å². The van der Waals surface area contributed by atoms with E-state index in [1.807, 2.05) is 0 Å². The molecule has 1 rings (SSSR count). The minimum absolute atomic E-state index is 0. The average molecular weight is 127 g/mol. The van der Waals surface area contributed by atoms with E-state index in [1.165, 1.54) is 19.5 Å². The second kappa shape index (κ2) is 2.35. The fraction of sp³-hybridized carbons (Fsp3) is 0.167. The first kappa shape index (κ1) is 5.88. The molecule has 3 heteroatoms. The first-order chi connectivity index (χ1) is 4.29. The standard InChI is InChI=1S/C6H6O3/c1-5(7)9-6-2-3-8-4-6/h2-4H,1H3/p+1. The van der Waals surface area contributed by atoms with Crippen molar-refractivity contribution >= 4 is 5.97 Å². The van der Waals surface area contributed by atoms with E-state index >= 15 is 0 Å². The van der Waals surface area contributed by atoms with E-state index in [0.29, 0.717) is 5.75 Å². The van der Waals surface area contributed by atoms with Crippen LogP contribution >= 0.6 is 0 Å². The summed E-state index contributed by atoms with van der Waals surface area (Å²) in [6.07, 6.45) is 2.81. The van der Waals surface area contributed by atoms with Gasteiger partial charge in [0, 0.05) is 13.0 Å². The van der Waals surface area contributed by atoms with Crippen LogP contribution in [0.25, 0.3) is 0 Å². The van der Waals surface area contributed by atoms with Gasteiger partial charge in [0.25, 0.3) is 0 Å². The van der Waals surface area contributed by atoms with Crippen molar-refractivity contribution < 1.29 is 15.4 Å². The van der Waals surface area contributed by atoms with Gasteiger partial charge in [-0.1, -0.05) is 0 Å². The Morgan fingerprint density at radius 1 is 1.89 bits per heavy atom. The summed E-state index contributed by atoms with van der Waals surface area (Å²) in [5.74, 6) is 0.110. The molecule has 0 saturated heterocycles. The molecule has 48 valence electrons. The molecule has 0 aliphatic carbocycles. The van der Waals surface area contributed by atoms with Gasteiger partial charge in [0.2, 0.25) is 0 Å². The van der Waals surface area contributed by atoms with Crippen LogP contribution < -0.4 is 4.74 Å². The predicted octanol–water partition coefficient (Wildman–Crippen LogP) is 1.32. The number of carbonyl (C=O) groups is 1. The Morgan fingerprint density at radius 2 is 2.67 bits per heavy atom. The molecule has 1 aromatic rings. The summed E-state index contributed by atoms with van der Waals surface area (Å²) >= 11 is 0. The Kier molecular flexibility index (Phi) is 1.53. The maximum absolute atomic E-state index is 10.2. The Hall–Kier alpha value is -1.25. The lowest BCUT2D eigenvalue weighted by molar-refractivity contribution is -0.131. The van der Waals surface area contributed by atoms with E-state index in [4.69, 9.17) is 0 Å². The van der Waals surface area contributed by atoms with Crippen molar-refractivity contribution in [1.29, 1.82) is 0 Å². The van der Waals surface area contributed by atoms with Gasteiger partial charge in [-0.25, -0.2) is 0 Å². The molecule has 0 saturated carbocycles. The smallest absolute Gasteiger partial charge is 0.469 e. The normalized spacial score (nSPS) is 9.00. The zero-order valence-electron chi connectivity index (χ0n) is 5.96. The zero-order chi connectivity index (χ0) is 6.69. The number of furan rings is 1. The van der Waals surface area contributed by atoms with Crippen LogP contribution in [-0.4, -0.2) is 5.97 Å². The number of hydrogen-bond donors (Lipinski definition) is 0. The van der Waals surface area contributed by atoms with Gasteiger partial charge in [-0.05, 0) is 0 Å². The van der Waals surface area contributed by atoms with Gasteiger partial charge in [-0.15, -0.1) is 0 Å². The lowest BCUT2D eigenvalue weighted by Crippen LogP contribution is -1.99. The average Bonchev–Trinajstić information content (AvgIpc) is 2.15. The highest BCUT2D eigenvalue weighted by Gasteiger charge is 1.95. The molecule has 9 heavy (non-hydrogen) atoms. The maximum Gasteiger partial charge on any atom is 1.00 e. The molecule has 1 aromatic heterocycles. The van der Waals surface area contributed by atoms with E-state index in [-0.39, 0.29) is 7.40 Å². The highest BCUT2D eigenvalue weighted by molar-refractivity contribution is 5.68. The zero-order valence-corrected chi connectivity index (χ0v) is 4.96. The van der Waals surface area contributed by atoms with Crippen molar-refractivity contribution in [2.45, 2.75) is 6.92 Å². The lowest BCUT2D eigenvalue weighted by Gasteiger charge is -1.91. The van der Waals surface area contributed by atoms with Crippen molar-refractivity contribution in [3.05, 3.63) is 18.6 Å².